The summed E-state index contributed by atoms with van der Waals surface area (Å²) in [6.45, 7) is 2.20. The number of carbonyl (C=O) groups is 3. The van der Waals surface area contributed by atoms with Crippen molar-refractivity contribution in [2.75, 3.05) is 37.6 Å². The van der Waals surface area contributed by atoms with Crippen LogP contribution in [0.3, 0.4) is 0 Å². The molecule has 1 aromatic heterocycles. The van der Waals surface area contributed by atoms with E-state index < -0.39 is 11.1 Å². The normalized spacial score (nSPS) is 18.8. The van der Waals surface area contributed by atoms with Crippen LogP contribution in [-0.4, -0.2) is 59.6 Å². The van der Waals surface area contributed by atoms with Gasteiger partial charge in [-0.3, -0.25) is 19.3 Å². The fraction of sp³-hybridized carbons (Fsp3) is 0.250. The summed E-state index contributed by atoms with van der Waals surface area (Å²) in [5.74, 6) is -0.616. The first-order valence-electron chi connectivity index (χ1n) is 9.08. The van der Waals surface area contributed by atoms with Crippen molar-refractivity contribution >= 4 is 63.5 Å². The molecule has 0 bridgehead atoms. The zero-order valence-electron chi connectivity index (χ0n) is 15.4. The summed E-state index contributed by atoms with van der Waals surface area (Å²) in [6, 6.07) is 11.4. The van der Waals surface area contributed by atoms with Crippen molar-refractivity contribution in [3.05, 3.63) is 56.6 Å². The number of hydrogen-bond donors (Lipinski definition) is 0. The molecule has 0 N–H and O–H groups in total. The smallest absolute Gasteiger partial charge is 0.294 e. The molecule has 2 fully saturated rings. The largest absolute Gasteiger partial charge is 0.368 e. The number of anilines is 1. The van der Waals surface area contributed by atoms with Crippen molar-refractivity contribution in [1.29, 1.82) is 0 Å². The van der Waals surface area contributed by atoms with Gasteiger partial charge in [0.05, 0.1) is 4.91 Å². The minimum atomic E-state index is -0.403. The first kappa shape index (κ1) is 20.0. The number of imide groups is 1. The molecule has 150 valence electrons. The summed E-state index contributed by atoms with van der Waals surface area (Å²) in [5, 5.41) is 2.18. The SMILES string of the molecule is O=C(CN1C(=O)S/C(=C\c2cccs2)C1=O)N1CCN(c2cccc(Cl)c2)CC1. The molecule has 29 heavy (non-hydrogen) atoms. The number of hydrogen-bond acceptors (Lipinski definition) is 6. The maximum Gasteiger partial charge on any atom is 0.294 e. The van der Waals surface area contributed by atoms with Crippen LogP contribution < -0.4 is 4.90 Å². The molecule has 0 radical (unpaired) electrons. The van der Waals surface area contributed by atoms with Gasteiger partial charge in [-0.05, 0) is 47.5 Å². The van der Waals surface area contributed by atoms with Gasteiger partial charge < -0.3 is 9.80 Å². The molecule has 2 aromatic rings. The molecule has 2 aliphatic heterocycles. The van der Waals surface area contributed by atoms with E-state index in [9.17, 15) is 14.4 Å². The molecular weight excluding hydrogens is 430 g/mol. The molecule has 2 aliphatic rings. The molecule has 0 atom stereocenters. The number of nitrogens with zero attached hydrogens (tertiary/aromatic N) is 3. The number of thiophene rings is 1. The number of rotatable bonds is 4. The number of amides is 3. The van der Waals surface area contributed by atoms with E-state index in [1.54, 1.807) is 11.0 Å². The van der Waals surface area contributed by atoms with Gasteiger partial charge in [-0.1, -0.05) is 23.7 Å². The fourth-order valence-corrected chi connectivity index (χ4v) is 5.01. The third-order valence-corrected chi connectivity index (χ3v) is 6.75. The van der Waals surface area contributed by atoms with Gasteiger partial charge in [0.25, 0.3) is 11.1 Å². The molecule has 9 heteroatoms. The van der Waals surface area contributed by atoms with Gasteiger partial charge in [0.1, 0.15) is 6.54 Å². The predicted octanol–water partition coefficient (Wildman–Crippen LogP) is 3.79. The Bertz CT molecular complexity index is 969. The third kappa shape index (κ3) is 4.49. The Labute approximate surface area is 181 Å². The van der Waals surface area contributed by atoms with Crippen LogP contribution in [0.4, 0.5) is 10.5 Å². The predicted molar refractivity (Wildman–Crippen MR) is 117 cm³/mol. The maximum absolute atomic E-state index is 12.7. The molecule has 0 unspecified atom stereocenters. The molecule has 2 saturated heterocycles. The van der Waals surface area contributed by atoms with Crippen molar-refractivity contribution in [3.63, 3.8) is 0 Å². The molecule has 3 amide bonds. The number of benzene rings is 1. The first-order valence-corrected chi connectivity index (χ1v) is 11.2. The number of piperazine rings is 1. The van der Waals surface area contributed by atoms with Crippen molar-refractivity contribution in [3.8, 4) is 0 Å². The van der Waals surface area contributed by atoms with E-state index in [2.05, 4.69) is 4.90 Å². The molecule has 0 aliphatic carbocycles. The van der Waals surface area contributed by atoms with Crippen molar-refractivity contribution in [1.82, 2.24) is 9.80 Å². The lowest BCUT2D eigenvalue weighted by Gasteiger charge is -2.36. The van der Waals surface area contributed by atoms with Gasteiger partial charge >= 0.3 is 0 Å². The van der Waals surface area contributed by atoms with E-state index in [1.165, 1.54) is 11.3 Å². The van der Waals surface area contributed by atoms with Crippen molar-refractivity contribution in [2.45, 2.75) is 0 Å². The van der Waals surface area contributed by atoms with Crippen LogP contribution in [0.1, 0.15) is 4.88 Å². The van der Waals surface area contributed by atoms with Gasteiger partial charge in [0.2, 0.25) is 5.91 Å². The molecule has 0 saturated carbocycles. The Hall–Kier alpha value is -2.29. The van der Waals surface area contributed by atoms with Crippen molar-refractivity contribution < 1.29 is 14.4 Å². The van der Waals surface area contributed by atoms with Crippen molar-refractivity contribution in [2.24, 2.45) is 0 Å². The molecule has 0 spiro atoms. The summed E-state index contributed by atoms with van der Waals surface area (Å²) < 4.78 is 0. The second-order valence-corrected chi connectivity index (χ2v) is 9.04. The number of thioether (sulfide) groups is 1. The summed E-state index contributed by atoms with van der Waals surface area (Å²) in [4.78, 5) is 43.7. The Morgan fingerprint density at radius 2 is 1.90 bits per heavy atom. The maximum atomic E-state index is 12.7. The van der Waals surface area contributed by atoms with Crippen LogP contribution in [0.2, 0.25) is 5.02 Å². The van der Waals surface area contributed by atoms with E-state index in [1.807, 2.05) is 41.8 Å². The second-order valence-electron chi connectivity index (χ2n) is 6.63. The van der Waals surface area contributed by atoms with Crippen LogP contribution in [-0.2, 0) is 9.59 Å². The minimum Gasteiger partial charge on any atom is -0.368 e. The Morgan fingerprint density at radius 3 is 2.59 bits per heavy atom. The summed E-state index contributed by atoms with van der Waals surface area (Å²) in [6.07, 6.45) is 1.70. The zero-order valence-corrected chi connectivity index (χ0v) is 17.8. The minimum absolute atomic E-state index is 0.213. The number of halogens is 1. The Balaban J connectivity index is 1.35. The van der Waals surface area contributed by atoms with Crippen LogP contribution >= 0.6 is 34.7 Å². The van der Waals surface area contributed by atoms with Crippen LogP contribution in [0.15, 0.2) is 46.7 Å². The van der Waals surface area contributed by atoms with Gasteiger partial charge in [-0.15, -0.1) is 11.3 Å². The van der Waals surface area contributed by atoms with E-state index >= 15 is 0 Å². The van der Waals surface area contributed by atoms with Gasteiger partial charge in [0, 0.05) is 41.8 Å². The first-order chi connectivity index (χ1) is 14.0. The fourth-order valence-electron chi connectivity index (χ4n) is 3.26. The van der Waals surface area contributed by atoms with Crippen LogP contribution in [0.5, 0.6) is 0 Å². The van der Waals surface area contributed by atoms with Gasteiger partial charge in [-0.2, -0.15) is 0 Å². The third-order valence-electron chi connectivity index (χ3n) is 4.79. The lowest BCUT2D eigenvalue weighted by atomic mass is 10.2. The summed E-state index contributed by atoms with van der Waals surface area (Å²) in [7, 11) is 0. The van der Waals surface area contributed by atoms with Crippen LogP contribution in [0, 0.1) is 0 Å². The Morgan fingerprint density at radius 1 is 1.10 bits per heavy atom. The quantitative estimate of drug-likeness (QED) is 0.667. The molecule has 4 rings (SSSR count). The zero-order chi connectivity index (χ0) is 20.4. The van der Waals surface area contributed by atoms with E-state index in [4.69, 9.17) is 11.6 Å². The molecule has 6 nitrogen and oxygen atoms in total. The van der Waals surface area contributed by atoms with Gasteiger partial charge in [-0.25, -0.2) is 0 Å². The van der Waals surface area contributed by atoms with E-state index in [-0.39, 0.29) is 12.5 Å². The highest BCUT2D eigenvalue weighted by atomic mass is 35.5. The molecule has 1 aromatic carbocycles. The monoisotopic (exact) mass is 447 g/mol. The standard InChI is InChI=1S/C20H18ClN3O3S2/c21-14-3-1-4-15(11-14)22-6-8-23(9-7-22)18(25)13-24-19(26)17(29-20(24)27)12-16-5-2-10-28-16/h1-5,10-12H,6-9,13H2/b17-12-. The lowest BCUT2D eigenvalue weighted by Crippen LogP contribution is -2.51. The summed E-state index contributed by atoms with van der Waals surface area (Å²) in [5.41, 5.74) is 1.02. The summed E-state index contributed by atoms with van der Waals surface area (Å²) >= 11 is 8.43. The second kappa shape index (κ2) is 8.61. The molecule has 3 heterocycles. The van der Waals surface area contributed by atoms with E-state index in [0.717, 1.165) is 27.2 Å². The molecular formula is C20H18ClN3O3S2. The van der Waals surface area contributed by atoms with Crippen LogP contribution in [0.25, 0.3) is 6.08 Å². The average molecular weight is 448 g/mol. The lowest BCUT2D eigenvalue weighted by molar-refractivity contribution is -0.136. The van der Waals surface area contributed by atoms with Gasteiger partial charge in [0.15, 0.2) is 0 Å². The number of carbonyl (C=O) groups excluding carboxylic acids is 3. The topological polar surface area (TPSA) is 60.9 Å². The van der Waals surface area contributed by atoms with E-state index in [0.29, 0.717) is 36.1 Å². The Kier molecular flexibility index (Phi) is 5.94. The highest BCUT2D eigenvalue weighted by molar-refractivity contribution is 8.18. The highest BCUT2D eigenvalue weighted by Gasteiger charge is 2.37. The highest BCUT2D eigenvalue weighted by Crippen LogP contribution is 2.33. The average Bonchev–Trinajstić information content (AvgIpc) is 3.32.